The topological polar surface area (TPSA) is 156 Å². The quantitative estimate of drug-likeness (QED) is 0.192. The van der Waals surface area contributed by atoms with Crippen LogP contribution in [0.2, 0.25) is 0 Å². The Kier molecular flexibility index (Phi) is 8.76. The molecule has 1 aromatic heterocycles. The summed E-state index contributed by atoms with van der Waals surface area (Å²) in [5, 5.41) is 26.5. The van der Waals surface area contributed by atoms with Gasteiger partial charge in [0, 0.05) is 36.3 Å². The second-order valence-electron chi connectivity index (χ2n) is 10.8. The van der Waals surface area contributed by atoms with Crippen LogP contribution in [-0.2, 0) is 9.59 Å². The van der Waals surface area contributed by atoms with E-state index in [0.29, 0.717) is 43.7 Å². The highest BCUT2D eigenvalue weighted by Gasteiger charge is 2.32. The van der Waals surface area contributed by atoms with E-state index < -0.39 is 17.8 Å². The lowest BCUT2D eigenvalue weighted by atomic mass is 10.0. The molecule has 5 rings (SSSR count). The fourth-order valence-electron chi connectivity index (χ4n) is 5.50. The molecule has 3 aromatic rings. The normalized spacial score (nSPS) is 17.7. The summed E-state index contributed by atoms with van der Waals surface area (Å²) in [6, 6.07) is 13.7. The number of nitriles is 1. The van der Waals surface area contributed by atoms with Gasteiger partial charge in [0.25, 0.3) is 0 Å². The molecule has 0 aliphatic carbocycles. The summed E-state index contributed by atoms with van der Waals surface area (Å²) in [5.74, 6) is -1.37. The molecule has 2 aliphatic rings. The number of aromatic carboxylic acids is 1. The second-order valence-corrected chi connectivity index (χ2v) is 10.8. The molecule has 11 heteroatoms. The number of fused-ring (bicyclic) bond motifs is 1. The van der Waals surface area contributed by atoms with Crippen LogP contribution in [0.4, 0.5) is 5.69 Å². The number of Topliss-reactive ketones (excluding diaryl/α,β-unsaturated/α-hetero) is 1. The number of allylic oxidation sites excluding steroid dienone is 1. The average Bonchev–Trinajstić information content (AvgIpc) is 3.63. The fraction of sp³-hybridized carbons (Fsp3) is 0.344. The number of carboxylic acid groups (broad SMARTS) is 1. The van der Waals surface area contributed by atoms with Crippen LogP contribution in [0.15, 0.2) is 64.3 Å². The minimum Gasteiger partial charge on any atom is -0.478 e. The summed E-state index contributed by atoms with van der Waals surface area (Å²) in [7, 11) is 0. The van der Waals surface area contributed by atoms with Crippen LogP contribution in [0.1, 0.15) is 58.6 Å². The first-order valence-electron chi connectivity index (χ1n) is 14.4. The third-order valence-corrected chi connectivity index (χ3v) is 7.78. The number of carbonyl (C=O) groups excluding carboxylic acids is 3. The van der Waals surface area contributed by atoms with Gasteiger partial charge >= 0.3 is 5.97 Å². The number of ketones is 1. The van der Waals surface area contributed by atoms with Gasteiger partial charge < -0.3 is 30.0 Å². The number of carbonyl (C=O) groups is 4. The fourth-order valence-corrected chi connectivity index (χ4v) is 5.50. The van der Waals surface area contributed by atoms with E-state index in [-0.39, 0.29) is 40.9 Å². The largest absolute Gasteiger partial charge is 0.478 e. The summed E-state index contributed by atoms with van der Waals surface area (Å²) in [6.45, 7) is 3.65. The number of hydrogen-bond acceptors (Lipinski definition) is 8. The van der Waals surface area contributed by atoms with Crippen LogP contribution in [-0.4, -0.2) is 70.7 Å². The Morgan fingerprint density at radius 3 is 2.40 bits per heavy atom. The minimum atomic E-state index is -1.14. The number of nitrogens with zero attached hydrogens (tertiary/aromatic N) is 3. The number of hydrogen-bond donors (Lipinski definition) is 3. The van der Waals surface area contributed by atoms with E-state index in [1.807, 2.05) is 25.1 Å². The molecule has 0 unspecified atom stereocenters. The number of anilines is 1. The minimum absolute atomic E-state index is 0.00633. The van der Waals surface area contributed by atoms with Crippen molar-refractivity contribution < 1.29 is 28.7 Å². The number of benzene rings is 2. The molecule has 0 radical (unpaired) electrons. The van der Waals surface area contributed by atoms with E-state index in [0.717, 1.165) is 30.4 Å². The molecule has 2 aliphatic heterocycles. The lowest BCUT2D eigenvalue weighted by Crippen LogP contribution is -2.49. The van der Waals surface area contributed by atoms with Crippen molar-refractivity contribution in [2.45, 2.75) is 45.1 Å². The molecule has 3 N–H and O–H groups in total. The monoisotopic (exact) mass is 583 g/mol. The zero-order chi connectivity index (χ0) is 30.5. The summed E-state index contributed by atoms with van der Waals surface area (Å²) in [6.07, 6.45) is 3.78. The van der Waals surface area contributed by atoms with Gasteiger partial charge in [-0.05, 0) is 75.4 Å². The molecule has 11 nitrogen and oxygen atoms in total. The first-order chi connectivity index (χ1) is 20.7. The molecule has 0 spiro atoms. The molecule has 2 aromatic carbocycles. The molecule has 1 atom stereocenters. The van der Waals surface area contributed by atoms with Crippen LogP contribution in [0.5, 0.6) is 0 Å². The van der Waals surface area contributed by atoms with Crippen molar-refractivity contribution in [2.24, 2.45) is 0 Å². The highest BCUT2D eigenvalue weighted by atomic mass is 16.4. The molecule has 3 heterocycles. The predicted octanol–water partition coefficient (Wildman–Crippen LogP) is 4.06. The van der Waals surface area contributed by atoms with E-state index in [9.17, 15) is 29.5 Å². The number of amides is 2. The van der Waals surface area contributed by atoms with Crippen LogP contribution in [0.25, 0.3) is 11.0 Å². The van der Waals surface area contributed by atoms with Crippen LogP contribution in [0.3, 0.4) is 0 Å². The Balaban J connectivity index is 1.47. The molecule has 2 saturated heterocycles. The standard InChI is InChI=1S/C32H33N5O6/c1-20-16-23-17-24(11-12-27(23)43-20)34-30(25(18-33)29(39)21-7-9-22(10-8-21)32(41)42)35-26-6-2-3-15-37(31(26)40)19-28(38)36-13-4-5-14-36/h7-12,16-17,26,34-35H,2-6,13-15,19H2,1H3,(H,41,42)/t26-/m0/s1. The van der Waals surface area contributed by atoms with Gasteiger partial charge in [-0.3, -0.25) is 14.4 Å². The smallest absolute Gasteiger partial charge is 0.335 e. The zero-order valence-electron chi connectivity index (χ0n) is 23.9. The maximum atomic E-state index is 13.7. The SMILES string of the molecule is Cc1cc2cc(NC(N[C@H]3CCCCN(CC(=O)N4CCCC4)C3=O)=C(C#N)C(=O)c3ccc(C(=O)O)cc3)ccc2o1. The van der Waals surface area contributed by atoms with E-state index in [4.69, 9.17) is 4.42 Å². The third kappa shape index (κ3) is 6.70. The molecule has 2 amide bonds. The molecular formula is C32H33N5O6. The van der Waals surface area contributed by atoms with Gasteiger partial charge in [0.15, 0.2) is 0 Å². The highest BCUT2D eigenvalue weighted by molar-refractivity contribution is 6.12. The maximum Gasteiger partial charge on any atom is 0.335 e. The van der Waals surface area contributed by atoms with Gasteiger partial charge in [-0.1, -0.05) is 12.1 Å². The molecule has 43 heavy (non-hydrogen) atoms. The average molecular weight is 584 g/mol. The Bertz CT molecular complexity index is 1630. The second kappa shape index (κ2) is 12.8. The van der Waals surface area contributed by atoms with Gasteiger partial charge in [0.2, 0.25) is 17.6 Å². The molecule has 2 fully saturated rings. The van der Waals surface area contributed by atoms with Gasteiger partial charge in [0.1, 0.15) is 34.8 Å². The van der Waals surface area contributed by atoms with Crippen molar-refractivity contribution in [1.82, 2.24) is 15.1 Å². The molecule has 0 bridgehead atoms. The van der Waals surface area contributed by atoms with Gasteiger partial charge in [-0.2, -0.15) is 5.26 Å². The number of likely N-dealkylation sites (tertiary alicyclic amines) is 2. The third-order valence-electron chi connectivity index (χ3n) is 7.78. The molecular weight excluding hydrogens is 550 g/mol. The van der Waals surface area contributed by atoms with Crippen molar-refractivity contribution in [3.8, 4) is 6.07 Å². The van der Waals surface area contributed by atoms with Gasteiger partial charge in [-0.25, -0.2) is 4.79 Å². The van der Waals surface area contributed by atoms with Crippen molar-refractivity contribution in [1.29, 1.82) is 5.26 Å². The first-order valence-corrected chi connectivity index (χ1v) is 14.4. The first kappa shape index (κ1) is 29.4. The summed E-state index contributed by atoms with van der Waals surface area (Å²) in [5.41, 5.74) is 1.08. The lowest BCUT2D eigenvalue weighted by Gasteiger charge is -2.28. The van der Waals surface area contributed by atoms with E-state index in [1.54, 1.807) is 21.9 Å². The maximum absolute atomic E-state index is 13.7. The summed E-state index contributed by atoms with van der Waals surface area (Å²) < 4.78 is 5.66. The Labute approximate surface area is 248 Å². The van der Waals surface area contributed by atoms with Gasteiger partial charge in [-0.15, -0.1) is 0 Å². The molecule has 222 valence electrons. The van der Waals surface area contributed by atoms with E-state index in [2.05, 4.69) is 10.6 Å². The van der Waals surface area contributed by atoms with Crippen molar-refractivity contribution in [2.75, 3.05) is 31.5 Å². The van der Waals surface area contributed by atoms with Crippen molar-refractivity contribution in [3.63, 3.8) is 0 Å². The van der Waals surface area contributed by atoms with Crippen molar-refractivity contribution in [3.05, 3.63) is 76.8 Å². The Morgan fingerprint density at radius 2 is 1.70 bits per heavy atom. The van der Waals surface area contributed by atoms with Crippen LogP contribution in [0, 0.1) is 18.3 Å². The Morgan fingerprint density at radius 1 is 1.00 bits per heavy atom. The van der Waals surface area contributed by atoms with Gasteiger partial charge in [0.05, 0.1) is 12.1 Å². The number of nitrogens with one attached hydrogen (secondary N) is 2. The highest BCUT2D eigenvalue weighted by Crippen LogP contribution is 2.25. The van der Waals surface area contributed by atoms with Crippen molar-refractivity contribution >= 4 is 40.2 Å². The van der Waals surface area contributed by atoms with E-state index >= 15 is 0 Å². The predicted molar refractivity (Wildman–Crippen MR) is 158 cm³/mol. The van der Waals surface area contributed by atoms with Crippen LogP contribution < -0.4 is 10.6 Å². The van der Waals surface area contributed by atoms with Crippen LogP contribution >= 0.6 is 0 Å². The number of furan rings is 1. The molecule has 0 saturated carbocycles. The summed E-state index contributed by atoms with van der Waals surface area (Å²) >= 11 is 0. The Hall–Kier alpha value is -5.11. The number of carboxylic acids is 1. The number of rotatable bonds is 9. The number of aryl methyl sites for hydroxylation is 1. The lowest BCUT2D eigenvalue weighted by molar-refractivity contribution is -0.140. The summed E-state index contributed by atoms with van der Waals surface area (Å²) in [4.78, 5) is 54.8. The zero-order valence-corrected chi connectivity index (χ0v) is 23.9. The van der Waals surface area contributed by atoms with E-state index in [1.165, 1.54) is 24.3 Å².